The van der Waals surface area contributed by atoms with Gasteiger partial charge < -0.3 is 10.6 Å². The number of anilines is 1. The molecule has 0 spiro atoms. The number of halogens is 2. The molecule has 0 aliphatic carbocycles. The van der Waals surface area contributed by atoms with Crippen molar-refractivity contribution in [1.29, 1.82) is 0 Å². The highest BCUT2D eigenvalue weighted by atomic mass is 35.5. The lowest BCUT2D eigenvalue weighted by Gasteiger charge is -2.17. The maximum Gasteiger partial charge on any atom is 0.257 e. The normalized spacial score (nSPS) is 11.5. The predicted molar refractivity (Wildman–Crippen MR) is 146 cm³/mol. The van der Waals surface area contributed by atoms with E-state index in [9.17, 15) is 9.59 Å². The predicted octanol–water partition coefficient (Wildman–Crippen LogP) is 6.95. The zero-order valence-corrected chi connectivity index (χ0v) is 22.2. The van der Waals surface area contributed by atoms with Crippen molar-refractivity contribution in [3.63, 3.8) is 0 Å². The van der Waals surface area contributed by atoms with Crippen molar-refractivity contribution in [3.05, 3.63) is 87.5 Å². The van der Waals surface area contributed by atoms with Gasteiger partial charge in [-0.1, -0.05) is 62.2 Å². The summed E-state index contributed by atoms with van der Waals surface area (Å²) in [6, 6.07) is 16.5. The van der Waals surface area contributed by atoms with Crippen molar-refractivity contribution < 1.29 is 9.59 Å². The summed E-state index contributed by atoms with van der Waals surface area (Å²) in [4.78, 5) is 25.4. The molecule has 4 aromatic rings. The second-order valence-corrected chi connectivity index (χ2v) is 10.8. The maximum absolute atomic E-state index is 13.2. The lowest BCUT2D eigenvalue weighted by atomic mass is 9.92. The van der Waals surface area contributed by atoms with Crippen LogP contribution in [0, 0.1) is 12.3 Å². The van der Waals surface area contributed by atoms with E-state index in [1.54, 1.807) is 29.1 Å². The average molecular weight is 523 g/mol. The SMILES string of the molecule is Cc1ccc(-n2ncc3c(NC(=O)c4cc(CNC(=O)CC(C)(C)C)ccc4Cl)cccc32)cc1Cl. The third-order valence-electron chi connectivity index (χ3n) is 5.72. The number of nitrogens with one attached hydrogen (secondary N) is 2. The molecule has 0 saturated heterocycles. The zero-order chi connectivity index (χ0) is 26.0. The van der Waals surface area contributed by atoms with Crippen LogP contribution in [0.2, 0.25) is 10.0 Å². The van der Waals surface area contributed by atoms with Crippen LogP contribution in [0.4, 0.5) is 5.69 Å². The van der Waals surface area contributed by atoms with Gasteiger partial charge in [-0.25, -0.2) is 4.68 Å². The number of hydrogen-bond donors (Lipinski definition) is 2. The summed E-state index contributed by atoms with van der Waals surface area (Å²) in [5, 5.41) is 12.1. The Balaban J connectivity index is 1.55. The Hall–Kier alpha value is -3.35. The van der Waals surface area contributed by atoms with E-state index in [0.29, 0.717) is 34.3 Å². The average Bonchev–Trinajstić information content (AvgIpc) is 3.24. The molecule has 2 N–H and O–H groups in total. The molecule has 0 bridgehead atoms. The van der Waals surface area contributed by atoms with Gasteiger partial charge in [-0.05, 0) is 59.9 Å². The molecule has 4 rings (SSSR count). The summed E-state index contributed by atoms with van der Waals surface area (Å²) in [6.07, 6.45) is 2.13. The van der Waals surface area contributed by atoms with Crippen LogP contribution < -0.4 is 10.6 Å². The number of rotatable bonds is 6. The molecule has 0 aliphatic rings. The summed E-state index contributed by atoms with van der Waals surface area (Å²) in [5.74, 6) is -0.386. The second-order valence-electron chi connectivity index (χ2n) is 10.0. The largest absolute Gasteiger partial charge is 0.352 e. The Morgan fingerprint density at radius 3 is 2.50 bits per heavy atom. The molecular weight excluding hydrogens is 495 g/mol. The first kappa shape index (κ1) is 25.7. The topological polar surface area (TPSA) is 76.0 Å². The molecule has 1 aromatic heterocycles. The fourth-order valence-electron chi connectivity index (χ4n) is 3.87. The molecule has 0 unspecified atom stereocenters. The third-order valence-corrected chi connectivity index (χ3v) is 6.45. The van der Waals surface area contributed by atoms with E-state index in [0.717, 1.165) is 27.7 Å². The fourth-order valence-corrected chi connectivity index (χ4v) is 4.25. The van der Waals surface area contributed by atoms with Crippen molar-refractivity contribution in [2.45, 2.75) is 40.7 Å². The Morgan fingerprint density at radius 1 is 1.00 bits per heavy atom. The number of benzene rings is 3. The highest BCUT2D eigenvalue weighted by molar-refractivity contribution is 6.34. The zero-order valence-electron chi connectivity index (χ0n) is 20.7. The van der Waals surface area contributed by atoms with Gasteiger partial charge in [0, 0.05) is 23.4 Å². The molecule has 3 aromatic carbocycles. The van der Waals surface area contributed by atoms with E-state index in [2.05, 4.69) is 15.7 Å². The maximum atomic E-state index is 13.2. The van der Waals surface area contributed by atoms with Crippen LogP contribution in [-0.4, -0.2) is 21.6 Å². The smallest absolute Gasteiger partial charge is 0.257 e. The van der Waals surface area contributed by atoms with Gasteiger partial charge in [-0.2, -0.15) is 5.10 Å². The van der Waals surface area contributed by atoms with Gasteiger partial charge in [0.2, 0.25) is 5.91 Å². The number of aryl methyl sites for hydroxylation is 1. The number of carbonyl (C=O) groups excluding carboxylic acids is 2. The second kappa shape index (κ2) is 10.3. The van der Waals surface area contributed by atoms with Gasteiger partial charge in [-0.3, -0.25) is 9.59 Å². The summed E-state index contributed by atoms with van der Waals surface area (Å²) >= 11 is 12.7. The first-order valence-electron chi connectivity index (χ1n) is 11.6. The van der Waals surface area contributed by atoms with Crippen LogP contribution >= 0.6 is 23.2 Å². The third kappa shape index (κ3) is 5.89. The molecule has 0 atom stereocenters. The van der Waals surface area contributed by atoms with E-state index < -0.39 is 0 Å². The Bertz CT molecular complexity index is 1450. The van der Waals surface area contributed by atoms with Crippen LogP contribution in [-0.2, 0) is 11.3 Å². The highest BCUT2D eigenvalue weighted by Crippen LogP contribution is 2.28. The standard InChI is InChI=1S/C28H28Cl2N4O2/c1-17-8-10-19(13-23(17)30)34-25-7-5-6-24(21(25)16-32-34)33-27(36)20-12-18(9-11-22(20)29)15-31-26(35)14-28(2,3)4/h5-13,16H,14-15H2,1-4H3,(H,31,35)(H,33,36). The molecule has 36 heavy (non-hydrogen) atoms. The molecule has 0 aliphatic heterocycles. The van der Waals surface area contributed by atoms with Gasteiger partial charge in [0.1, 0.15) is 0 Å². The first-order chi connectivity index (χ1) is 17.0. The van der Waals surface area contributed by atoms with E-state index >= 15 is 0 Å². The molecule has 8 heteroatoms. The number of carbonyl (C=O) groups is 2. The lowest BCUT2D eigenvalue weighted by Crippen LogP contribution is -2.27. The summed E-state index contributed by atoms with van der Waals surface area (Å²) in [6.45, 7) is 8.29. The minimum absolute atomic E-state index is 0.0398. The van der Waals surface area contributed by atoms with E-state index in [4.69, 9.17) is 23.2 Å². The van der Waals surface area contributed by atoms with Crippen LogP contribution in [0.5, 0.6) is 0 Å². The number of hydrogen-bond acceptors (Lipinski definition) is 3. The van der Waals surface area contributed by atoms with Crippen LogP contribution in [0.1, 0.15) is 48.7 Å². The fraction of sp³-hybridized carbons (Fsp3) is 0.250. The van der Waals surface area contributed by atoms with Crippen molar-refractivity contribution >= 4 is 51.6 Å². The summed E-state index contributed by atoms with van der Waals surface area (Å²) < 4.78 is 1.78. The van der Waals surface area contributed by atoms with Gasteiger partial charge in [0.15, 0.2) is 0 Å². The molecule has 2 amide bonds. The minimum Gasteiger partial charge on any atom is -0.352 e. The molecule has 186 valence electrons. The summed E-state index contributed by atoms with van der Waals surface area (Å²) in [5.41, 5.74) is 4.26. The van der Waals surface area contributed by atoms with E-state index in [1.807, 2.05) is 64.1 Å². The van der Waals surface area contributed by atoms with Crippen molar-refractivity contribution in [2.24, 2.45) is 5.41 Å². The van der Waals surface area contributed by atoms with E-state index in [1.165, 1.54) is 0 Å². The Labute approximate surface area is 220 Å². The quantitative estimate of drug-likeness (QED) is 0.287. The molecule has 0 saturated carbocycles. The molecule has 6 nitrogen and oxygen atoms in total. The number of nitrogens with zero attached hydrogens (tertiary/aromatic N) is 2. The van der Waals surface area contributed by atoms with Gasteiger partial charge in [-0.15, -0.1) is 0 Å². The Morgan fingerprint density at radius 2 is 1.78 bits per heavy atom. The number of aromatic nitrogens is 2. The van der Waals surface area contributed by atoms with Crippen LogP contribution in [0.15, 0.2) is 60.8 Å². The van der Waals surface area contributed by atoms with Crippen molar-refractivity contribution in [3.8, 4) is 5.69 Å². The van der Waals surface area contributed by atoms with Gasteiger partial charge >= 0.3 is 0 Å². The molecule has 0 fully saturated rings. The lowest BCUT2D eigenvalue weighted by molar-refractivity contribution is -0.122. The van der Waals surface area contributed by atoms with Gasteiger partial charge in [0.05, 0.1) is 33.7 Å². The van der Waals surface area contributed by atoms with E-state index in [-0.39, 0.29) is 17.2 Å². The first-order valence-corrected chi connectivity index (χ1v) is 12.4. The summed E-state index contributed by atoms with van der Waals surface area (Å²) in [7, 11) is 0. The van der Waals surface area contributed by atoms with Crippen molar-refractivity contribution in [1.82, 2.24) is 15.1 Å². The molecule has 0 radical (unpaired) electrons. The van der Waals surface area contributed by atoms with Gasteiger partial charge in [0.25, 0.3) is 5.91 Å². The highest BCUT2D eigenvalue weighted by Gasteiger charge is 2.17. The molecular formula is C28H28Cl2N4O2. The van der Waals surface area contributed by atoms with Crippen molar-refractivity contribution in [2.75, 3.05) is 5.32 Å². The number of amides is 2. The number of fused-ring (bicyclic) bond motifs is 1. The monoisotopic (exact) mass is 522 g/mol. The molecule has 1 heterocycles. The Kier molecular flexibility index (Phi) is 7.38. The minimum atomic E-state index is -0.346. The van der Waals surface area contributed by atoms with Crippen LogP contribution in [0.3, 0.4) is 0 Å². The van der Waals surface area contributed by atoms with Crippen LogP contribution in [0.25, 0.3) is 16.6 Å².